The third-order valence-electron chi connectivity index (χ3n) is 2.39. The lowest BCUT2D eigenvalue weighted by molar-refractivity contribution is 0.197. The van der Waals surface area contributed by atoms with E-state index in [9.17, 15) is 0 Å². The highest BCUT2D eigenvalue weighted by Gasteiger charge is 2.02. The number of nitrogens with zero attached hydrogens (tertiary/aromatic N) is 1. The predicted octanol–water partition coefficient (Wildman–Crippen LogP) is 1.26. The van der Waals surface area contributed by atoms with Gasteiger partial charge in [0.25, 0.3) is 0 Å². The third kappa shape index (κ3) is 5.30. The Bertz CT molecular complexity index is 286. The fourth-order valence-electron chi connectivity index (χ4n) is 1.54. The summed E-state index contributed by atoms with van der Waals surface area (Å²) >= 11 is 0. The van der Waals surface area contributed by atoms with E-state index < -0.39 is 0 Å². The number of nitrogens with one attached hydrogen (secondary N) is 1. The van der Waals surface area contributed by atoms with Crippen LogP contribution in [0.5, 0.6) is 0 Å². The number of hydrogen-bond donors (Lipinski definition) is 1. The summed E-state index contributed by atoms with van der Waals surface area (Å²) in [5, 5.41) is 3.32. The Morgan fingerprint density at radius 3 is 2.88 bits per heavy atom. The fourth-order valence-corrected chi connectivity index (χ4v) is 1.54. The van der Waals surface area contributed by atoms with Gasteiger partial charge in [0.05, 0.1) is 12.9 Å². The summed E-state index contributed by atoms with van der Waals surface area (Å²) in [6.07, 6.45) is 1.82. The summed E-state index contributed by atoms with van der Waals surface area (Å²) in [6, 6.07) is 2.08. The zero-order chi connectivity index (χ0) is 11.8. The summed E-state index contributed by atoms with van der Waals surface area (Å²) in [5.74, 6) is 0.974. The minimum atomic E-state index is 0.768. The molecule has 0 fully saturated rings. The molecule has 16 heavy (non-hydrogen) atoms. The van der Waals surface area contributed by atoms with Crippen molar-refractivity contribution in [2.45, 2.75) is 13.5 Å². The molecule has 0 radical (unpaired) electrons. The van der Waals surface area contributed by atoms with Crippen molar-refractivity contribution < 1.29 is 9.15 Å². The van der Waals surface area contributed by atoms with Gasteiger partial charge in [-0.1, -0.05) is 0 Å². The minimum absolute atomic E-state index is 0.768. The average Bonchev–Trinajstić information content (AvgIpc) is 2.63. The molecule has 0 aliphatic heterocycles. The standard InChI is InChI=1S/C12H22N2O2/c1-11-8-12(10-16-11)9-14(2)6-4-13-5-7-15-3/h8,10,13H,4-7,9H2,1-3H3. The summed E-state index contributed by atoms with van der Waals surface area (Å²) in [7, 11) is 3.83. The van der Waals surface area contributed by atoms with E-state index in [0.29, 0.717) is 0 Å². The second-order valence-electron chi connectivity index (χ2n) is 4.05. The highest BCUT2D eigenvalue weighted by atomic mass is 16.5. The second-order valence-corrected chi connectivity index (χ2v) is 4.05. The van der Waals surface area contributed by atoms with Crippen molar-refractivity contribution in [2.75, 3.05) is 40.4 Å². The molecule has 0 saturated carbocycles. The fraction of sp³-hybridized carbons (Fsp3) is 0.667. The van der Waals surface area contributed by atoms with Crippen LogP contribution in [0.3, 0.4) is 0 Å². The molecule has 0 spiro atoms. The van der Waals surface area contributed by atoms with Crippen LogP contribution in [0.25, 0.3) is 0 Å². The number of methoxy groups -OCH3 is 1. The van der Waals surface area contributed by atoms with Gasteiger partial charge in [-0.25, -0.2) is 0 Å². The maximum Gasteiger partial charge on any atom is 0.101 e. The molecular formula is C12H22N2O2. The molecule has 0 aliphatic carbocycles. The first-order valence-electron chi connectivity index (χ1n) is 5.64. The van der Waals surface area contributed by atoms with Crippen molar-refractivity contribution >= 4 is 0 Å². The quantitative estimate of drug-likeness (QED) is 0.677. The lowest BCUT2D eigenvalue weighted by Crippen LogP contribution is -2.30. The van der Waals surface area contributed by atoms with E-state index in [-0.39, 0.29) is 0 Å². The minimum Gasteiger partial charge on any atom is -0.469 e. The van der Waals surface area contributed by atoms with Crippen molar-refractivity contribution in [3.8, 4) is 0 Å². The van der Waals surface area contributed by atoms with Gasteiger partial charge in [-0.15, -0.1) is 0 Å². The maximum atomic E-state index is 5.26. The number of hydrogen-bond acceptors (Lipinski definition) is 4. The first kappa shape index (κ1) is 13.2. The zero-order valence-electron chi connectivity index (χ0n) is 10.5. The van der Waals surface area contributed by atoms with Gasteiger partial charge in [0.1, 0.15) is 5.76 Å². The van der Waals surface area contributed by atoms with Crippen LogP contribution in [0.1, 0.15) is 11.3 Å². The largest absolute Gasteiger partial charge is 0.469 e. The van der Waals surface area contributed by atoms with Crippen LogP contribution in [0.2, 0.25) is 0 Å². The lowest BCUT2D eigenvalue weighted by atomic mass is 10.3. The third-order valence-corrected chi connectivity index (χ3v) is 2.39. The predicted molar refractivity (Wildman–Crippen MR) is 64.5 cm³/mol. The summed E-state index contributed by atoms with van der Waals surface area (Å²) in [6.45, 7) is 6.59. The van der Waals surface area contributed by atoms with Crippen LogP contribution in [-0.2, 0) is 11.3 Å². The normalized spacial score (nSPS) is 11.2. The van der Waals surface area contributed by atoms with E-state index in [1.165, 1.54) is 5.56 Å². The van der Waals surface area contributed by atoms with E-state index in [2.05, 4.69) is 23.3 Å². The molecule has 0 bridgehead atoms. The topological polar surface area (TPSA) is 37.6 Å². The van der Waals surface area contributed by atoms with E-state index in [1.807, 2.05) is 13.2 Å². The van der Waals surface area contributed by atoms with Crippen molar-refractivity contribution in [3.05, 3.63) is 23.7 Å². The van der Waals surface area contributed by atoms with Gasteiger partial charge < -0.3 is 19.4 Å². The first-order valence-corrected chi connectivity index (χ1v) is 5.64. The van der Waals surface area contributed by atoms with Gasteiger partial charge in [-0.3, -0.25) is 0 Å². The first-order chi connectivity index (χ1) is 7.72. The lowest BCUT2D eigenvalue weighted by Gasteiger charge is -2.15. The van der Waals surface area contributed by atoms with E-state index >= 15 is 0 Å². The highest BCUT2D eigenvalue weighted by molar-refractivity contribution is 5.11. The number of aryl methyl sites for hydroxylation is 1. The molecule has 4 nitrogen and oxygen atoms in total. The Morgan fingerprint density at radius 2 is 2.25 bits per heavy atom. The van der Waals surface area contributed by atoms with Crippen LogP contribution in [-0.4, -0.2) is 45.3 Å². The molecule has 92 valence electrons. The van der Waals surface area contributed by atoms with E-state index in [1.54, 1.807) is 7.11 Å². The SMILES string of the molecule is COCCNCCN(C)Cc1coc(C)c1. The molecule has 0 amide bonds. The number of ether oxygens (including phenoxy) is 1. The molecule has 0 atom stereocenters. The summed E-state index contributed by atoms with van der Waals surface area (Å²) in [5.41, 5.74) is 1.23. The monoisotopic (exact) mass is 226 g/mol. The zero-order valence-corrected chi connectivity index (χ0v) is 10.5. The van der Waals surface area contributed by atoms with Crippen molar-refractivity contribution in [3.63, 3.8) is 0 Å². The number of rotatable bonds is 8. The summed E-state index contributed by atoms with van der Waals surface area (Å²) in [4.78, 5) is 2.27. The van der Waals surface area contributed by atoms with E-state index in [0.717, 1.165) is 38.5 Å². The Kier molecular flexibility index (Phi) is 6.15. The molecule has 1 rings (SSSR count). The summed E-state index contributed by atoms with van der Waals surface area (Å²) < 4.78 is 10.2. The molecular weight excluding hydrogens is 204 g/mol. The molecule has 0 unspecified atom stereocenters. The Morgan fingerprint density at radius 1 is 1.44 bits per heavy atom. The Balaban J connectivity index is 2.09. The smallest absolute Gasteiger partial charge is 0.101 e. The van der Waals surface area contributed by atoms with E-state index in [4.69, 9.17) is 9.15 Å². The average molecular weight is 226 g/mol. The van der Waals surface area contributed by atoms with Gasteiger partial charge in [-0.05, 0) is 20.0 Å². The maximum absolute atomic E-state index is 5.26. The Hall–Kier alpha value is -0.840. The molecule has 4 heteroatoms. The van der Waals surface area contributed by atoms with Crippen LogP contribution in [0, 0.1) is 6.92 Å². The molecule has 1 aromatic rings. The van der Waals surface area contributed by atoms with Crippen molar-refractivity contribution in [1.29, 1.82) is 0 Å². The van der Waals surface area contributed by atoms with Gasteiger partial charge in [0.2, 0.25) is 0 Å². The Labute approximate surface area is 97.6 Å². The van der Waals surface area contributed by atoms with Crippen LogP contribution < -0.4 is 5.32 Å². The molecule has 1 N–H and O–H groups in total. The van der Waals surface area contributed by atoms with Crippen LogP contribution in [0.4, 0.5) is 0 Å². The van der Waals surface area contributed by atoms with Gasteiger partial charge in [0, 0.05) is 38.9 Å². The molecule has 0 saturated heterocycles. The molecule has 0 aromatic carbocycles. The van der Waals surface area contributed by atoms with Gasteiger partial charge in [-0.2, -0.15) is 0 Å². The molecule has 1 aromatic heterocycles. The number of furan rings is 1. The van der Waals surface area contributed by atoms with Crippen LogP contribution >= 0.6 is 0 Å². The second kappa shape index (κ2) is 7.44. The van der Waals surface area contributed by atoms with Crippen molar-refractivity contribution in [1.82, 2.24) is 10.2 Å². The van der Waals surface area contributed by atoms with Gasteiger partial charge >= 0.3 is 0 Å². The highest BCUT2D eigenvalue weighted by Crippen LogP contribution is 2.07. The molecule has 1 heterocycles. The van der Waals surface area contributed by atoms with Gasteiger partial charge in [0.15, 0.2) is 0 Å². The van der Waals surface area contributed by atoms with Crippen LogP contribution in [0.15, 0.2) is 16.7 Å². The number of likely N-dealkylation sites (N-methyl/N-ethyl adjacent to an activating group) is 1. The van der Waals surface area contributed by atoms with Crippen molar-refractivity contribution in [2.24, 2.45) is 0 Å². The molecule has 0 aliphatic rings.